The minimum Gasteiger partial charge on any atom is -0.395 e. The van der Waals surface area contributed by atoms with E-state index in [2.05, 4.69) is 28.9 Å². The maximum Gasteiger partial charge on any atom is 0.0771 e. The van der Waals surface area contributed by atoms with E-state index >= 15 is 0 Å². The van der Waals surface area contributed by atoms with Gasteiger partial charge >= 0.3 is 0 Å². The first-order chi connectivity index (χ1) is 9.31. The molecule has 0 aromatic carbocycles. The zero-order valence-electron chi connectivity index (χ0n) is 11.4. The highest BCUT2D eigenvalue weighted by molar-refractivity contribution is 7.12. The number of thiophene rings is 1. The summed E-state index contributed by atoms with van der Waals surface area (Å²) in [5, 5.41) is 8.70. The van der Waals surface area contributed by atoms with Gasteiger partial charge in [-0.3, -0.25) is 4.90 Å². The van der Waals surface area contributed by atoms with Gasteiger partial charge in [-0.15, -0.1) is 11.3 Å². The van der Waals surface area contributed by atoms with Crippen LogP contribution in [0.15, 0.2) is 12.1 Å². The summed E-state index contributed by atoms with van der Waals surface area (Å²) in [5.74, 6) is 6.05. The molecule has 1 unspecified atom stereocenters. The van der Waals surface area contributed by atoms with Crippen LogP contribution in [0.25, 0.3) is 0 Å². The Hall–Kier alpha value is -0.860. The molecule has 104 valence electrons. The van der Waals surface area contributed by atoms with Gasteiger partial charge in [-0.05, 0) is 31.5 Å². The zero-order valence-corrected chi connectivity index (χ0v) is 12.2. The smallest absolute Gasteiger partial charge is 0.0771 e. The molecule has 1 aromatic heterocycles. The topological polar surface area (TPSA) is 32.7 Å². The number of likely N-dealkylation sites (tertiary alicyclic amines) is 1. The molecule has 2 rings (SSSR count). The molecule has 0 spiro atoms. The number of piperidine rings is 1. The fraction of sp³-hybridized carbons (Fsp3) is 0.600. The van der Waals surface area contributed by atoms with Crippen molar-refractivity contribution in [2.75, 3.05) is 26.8 Å². The molecule has 3 nitrogen and oxygen atoms in total. The van der Waals surface area contributed by atoms with Crippen molar-refractivity contribution >= 4 is 11.3 Å². The van der Waals surface area contributed by atoms with Gasteiger partial charge < -0.3 is 9.84 Å². The summed E-state index contributed by atoms with van der Waals surface area (Å²) >= 11 is 1.75. The summed E-state index contributed by atoms with van der Waals surface area (Å²) in [6, 6.07) is 4.23. The van der Waals surface area contributed by atoms with Crippen molar-refractivity contribution in [1.29, 1.82) is 0 Å². The van der Waals surface area contributed by atoms with Gasteiger partial charge in [-0.2, -0.15) is 0 Å². The number of hydrogen-bond donors (Lipinski definition) is 1. The zero-order chi connectivity index (χ0) is 13.5. The van der Waals surface area contributed by atoms with E-state index in [0.29, 0.717) is 12.5 Å². The van der Waals surface area contributed by atoms with Crippen LogP contribution in [0.1, 0.15) is 29.0 Å². The fourth-order valence-corrected chi connectivity index (χ4v) is 3.23. The second kappa shape index (κ2) is 7.66. The molecule has 1 N–H and O–H groups in total. The minimum atomic E-state index is 0.136. The largest absolute Gasteiger partial charge is 0.395 e. The van der Waals surface area contributed by atoms with Crippen molar-refractivity contribution < 1.29 is 9.84 Å². The summed E-state index contributed by atoms with van der Waals surface area (Å²) in [6.45, 7) is 3.31. The highest BCUT2D eigenvalue weighted by Crippen LogP contribution is 2.20. The van der Waals surface area contributed by atoms with Crippen LogP contribution in [0.4, 0.5) is 0 Å². The Kier molecular flexibility index (Phi) is 5.87. The third-order valence-electron chi connectivity index (χ3n) is 3.29. The third kappa shape index (κ3) is 4.63. The van der Waals surface area contributed by atoms with Crippen LogP contribution in [0.5, 0.6) is 0 Å². The first-order valence-electron chi connectivity index (χ1n) is 6.75. The van der Waals surface area contributed by atoms with Gasteiger partial charge in [0.2, 0.25) is 0 Å². The molecular formula is C15H21NO2S. The van der Waals surface area contributed by atoms with Gasteiger partial charge in [0.25, 0.3) is 0 Å². The number of methoxy groups -OCH3 is 1. The highest BCUT2D eigenvalue weighted by atomic mass is 32.1. The standard InChI is InChI=1S/C15H21NO2S/c1-18-13-5-4-9-16(11-13)12-15-8-7-14(19-15)6-2-3-10-17/h7-8,13,17H,3-5,9-12H2,1H3. The molecule has 0 amide bonds. The summed E-state index contributed by atoms with van der Waals surface area (Å²) in [6.07, 6.45) is 3.33. The molecule has 19 heavy (non-hydrogen) atoms. The molecule has 1 saturated heterocycles. The Balaban J connectivity index is 1.87. The number of ether oxygens (including phenoxy) is 1. The maximum atomic E-state index is 8.70. The van der Waals surface area contributed by atoms with Crippen LogP contribution in [-0.2, 0) is 11.3 Å². The van der Waals surface area contributed by atoms with Crippen LogP contribution >= 0.6 is 11.3 Å². The van der Waals surface area contributed by atoms with E-state index in [1.54, 1.807) is 18.4 Å². The van der Waals surface area contributed by atoms with E-state index in [1.165, 1.54) is 17.7 Å². The summed E-state index contributed by atoms with van der Waals surface area (Å²) in [5.41, 5.74) is 0. The molecule has 1 aliphatic heterocycles. The predicted octanol–water partition coefficient (Wildman–Crippen LogP) is 2.09. The van der Waals surface area contributed by atoms with Crippen LogP contribution in [0.3, 0.4) is 0 Å². The molecule has 1 aliphatic rings. The Labute approximate surface area is 119 Å². The maximum absolute atomic E-state index is 8.70. The van der Waals surface area contributed by atoms with E-state index in [-0.39, 0.29) is 6.61 Å². The summed E-state index contributed by atoms with van der Waals surface area (Å²) in [7, 11) is 1.80. The Morgan fingerprint density at radius 3 is 3.21 bits per heavy atom. The third-order valence-corrected chi connectivity index (χ3v) is 4.27. The van der Waals surface area contributed by atoms with Crippen molar-refractivity contribution in [3.8, 4) is 11.8 Å². The van der Waals surface area contributed by atoms with E-state index in [9.17, 15) is 0 Å². The summed E-state index contributed by atoms with van der Waals surface area (Å²) < 4.78 is 5.45. The number of rotatable bonds is 4. The monoisotopic (exact) mass is 279 g/mol. The second-order valence-corrected chi connectivity index (χ2v) is 5.94. The SMILES string of the molecule is COC1CCCN(Cc2ccc(C#CCCO)s2)C1. The number of hydrogen-bond acceptors (Lipinski definition) is 4. The van der Waals surface area contributed by atoms with Gasteiger partial charge in [0, 0.05) is 31.5 Å². The normalized spacial score (nSPS) is 20.0. The molecule has 1 atom stereocenters. The first kappa shape index (κ1) is 14.5. The van der Waals surface area contributed by atoms with Crippen LogP contribution in [0, 0.1) is 11.8 Å². The average Bonchev–Trinajstić information content (AvgIpc) is 2.87. The molecule has 1 fully saturated rings. The molecule has 0 saturated carbocycles. The lowest BCUT2D eigenvalue weighted by Crippen LogP contribution is -2.38. The second-order valence-electron chi connectivity index (χ2n) is 4.78. The number of aliphatic hydroxyl groups is 1. The Morgan fingerprint density at radius 1 is 1.53 bits per heavy atom. The van der Waals surface area contributed by atoms with Crippen molar-refractivity contribution in [2.24, 2.45) is 0 Å². The lowest BCUT2D eigenvalue weighted by molar-refractivity contribution is 0.0289. The van der Waals surface area contributed by atoms with Gasteiger partial charge in [0.05, 0.1) is 17.6 Å². The van der Waals surface area contributed by atoms with Gasteiger partial charge in [0.1, 0.15) is 0 Å². The number of nitrogens with zero attached hydrogens (tertiary/aromatic N) is 1. The van der Waals surface area contributed by atoms with Gasteiger partial charge in [0.15, 0.2) is 0 Å². The van der Waals surface area contributed by atoms with Crippen molar-refractivity contribution in [3.63, 3.8) is 0 Å². The molecule has 0 radical (unpaired) electrons. The van der Waals surface area contributed by atoms with Crippen molar-refractivity contribution in [3.05, 3.63) is 21.9 Å². The lowest BCUT2D eigenvalue weighted by Gasteiger charge is -2.31. The molecule has 2 heterocycles. The lowest BCUT2D eigenvalue weighted by atomic mass is 10.1. The van der Waals surface area contributed by atoms with Gasteiger partial charge in [-0.1, -0.05) is 11.8 Å². The van der Waals surface area contributed by atoms with Crippen molar-refractivity contribution in [1.82, 2.24) is 4.90 Å². The van der Waals surface area contributed by atoms with Crippen LogP contribution in [-0.4, -0.2) is 42.9 Å². The Morgan fingerprint density at radius 2 is 2.42 bits per heavy atom. The van der Waals surface area contributed by atoms with E-state index in [1.807, 2.05) is 0 Å². The average molecular weight is 279 g/mol. The molecule has 1 aromatic rings. The van der Waals surface area contributed by atoms with Crippen LogP contribution in [0.2, 0.25) is 0 Å². The van der Waals surface area contributed by atoms with E-state index < -0.39 is 0 Å². The van der Waals surface area contributed by atoms with Crippen molar-refractivity contribution in [2.45, 2.75) is 31.9 Å². The highest BCUT2D eigenvalue weighted by Gasteiger charge is 2.19. The predicted molar refractivity (Wildman–Crippen MR) is 78.2 cm³/mol. The van der Waals surface area contributed by atoms with Crippen LogP contribution < -0.4 is 0 Å². The molecule has 0 bridgehead atoms. The van der Waals surface area contributed by atoms with E-state index in [4.69, 9.17) is 9.84 Å². The molecule has 4 heteroatoms. The summed E-state index contributed by atoms with van der Waals surface area (Å²) in [4.78, 5) is 4.89. The van der Waals surface area contributed by atoms with E-state index in [0.717, 1.165) is 24.5 Å². The fourth-order valence-electron chi connectivity index (χ4n) is 2.31. The van der Waals surface area contributed by atoms with Gasteiger partial charge in [-0.25, -0.2) is 0 Å². The number of aliphatic hydroxyl groups excluding tert-OH is 1. The molecule has 0 aliphatic carbocycles. The molecular weight excluding hydrogens is 258 g/mol. The quantitative estimate of drug-likeness (QED) is 0.857. The minimum absolute atomic E-state index is 0.136. The first-order valence-corrected chi connectivity index (χ1v) is 7.57. The Bertz CT molecular complexity index is 446.